The number of nitrogens with two attached hydrogens (primary N) is 1. The Balaban J connectivity index is 3.13. The van der Waals surface area contributed by atoms with Gasteiger partial charge in [0.25, 0.3) is 0 Å². The van der Waals surface area contributed by atoms with Crippen LogP contribution in [0.3, 0.4) is 0 Å². The molecule has 0 radical (unpaired) electrons. The van der Waals surface area contributed by atoms with Gasteiger partial charge in [0.2, 0.25) is 0 Å². The Morgan fingerprint density at radius 3 is 2.73 bits per heavy atom. The van der Waals surface area contributed by atoms with Gasteiger partial charge in [-0.15, -0.1) is 0 Å². The Morgan fingerprint density at radius 1 is 1.64 bits per heavy atom. The normalized spacial score (nSPS) is 13.1. The van der Waals surface area contributed by atoms with E-state index in [1.165, 1.54) is 6.07 Å². The Bertz CT molecular complexity index is 263. The minimum atomic E-state index is -0.368. The van der Waals surface area contributed by atoms with Crippen molar-refractivity contribution in [1.29, 1.82) is 0 Å². The molecule has 0 fully saturated rings. The lowest BCUT2D eigenvalue weighted by Crippen LogP contribution is -2.09. The van der Waals surface area contributed by atoms with Gasteiger partial charge in [-0.05, 0) is 35.0 Å². The topological polar surface area (TPSA) is 38.9 Å². The monoisotopic (exact) mass is 218 g/mol. The van der Waals surface area contributed by atoms with E-state index in [9.17, 15) is 4.39 Å². The summed E-state index contributed by atoms with van der Waals surface area (Å²) in [5.74, 6) is -0.358. The molecule has 1 rings (SSSR count). The Morgan fingerprint density at radius 2 is 2.27 bits per heavy atom. The molecule has 60 valence electrons. The molecule has 11 heavy (non-hydrogen) atoms. The van der Waals surface area contributed by atoms with E-state index < -0.39 is 0 Å². The van der Waals surface area contributed by atoms with E-state index in [4.69, 9.17) is 5.73 Å². The molecule has 1 heterocycles. The van der Waals surface area contributed by atoms with Crippen molar-refractivity contribution < 1.29 is 4.39 Å². The Labute approximate surface area is 72.8 Å². The van der Waals surface area contributed by atoms with Gasteiger partial charge in [0.15, 0.2) is 0 Å². The highest BCUT2D eigenvalue weighted by atomic mass is 79.9. The van der Waals surface area contributed by atoms with Crippen LogP contribution in [0.25, 0.3) is 0 Å². The van der Waals surface area contributed by atoms with Crippen LogP contribution in [0.2, 0.25) is 0 Å². The third-order valence-electron chi connectivity index (χ3n) is 1.27. The van der Waals surface area contributed by atoms with Gasteiger partial charge >= 0.3 is 0 Å². The van der Waals surface area contributed by atoms with Crippen molar-refractivity contribution in [1.82, 2.24) is 4.98 Å². The van der Waals surface area contributed by atoms with E-state index in [-0.39, 0.29) is 11.9 Å². The first-order valence-electron chi connectivity index (χ1n) is 3.19. The van der Waals surface area contributed by atoms with Gasteiger partial charge in [-0.2, -0.15) is 0 Å². The molecule has 4 heteroatoms. The average molecular weight is 219 g/mol. The summed E-state index contributed by atoms with van der Waals surface area (Å²) in [6.07, 6.45) is 0. The minimum absolute atomic E-state index is 0.291. The van der Waals surface area contributed by atoms with Crippen molar-refractivity contribution in [3.63, 3.8) is 0 Å². The molecule has 1 unspecified atom stereocenters. The zero-order valence-electron chi connectivity index (χ0n) is 6.01. The number of aromatic nitrogens is 1. The first-order chi connectivity index (χ1) is 5.11. The fourth-order valence-corrected chi connectivity index (χ4v) is 1.08. The zero-order chi connectivity index (χ0) is 8.43. The van der Waals surface area contributed by atoms with Gasteiger partial charge in [0, 0.05) is 6.04 Å². The molecular formula is C7H8BrFN2. The molecule has 0 saturated carbocycles. The molecule has 1 atom stereocenters. The molecule has 1 aromatic heterocycles. The second-order valence-electron chi connectivity index (χ2n) is 2.29. The molecule has 0 aliphatic heterocycles. The van der Waals surface area contributed by atoms with Gasteiger partial charge in [0.1, 0.15) is 10.4 Å². The van der Waals surface area contributed by atoms with E-state index >= 15 is 0 Å². The van der Waals surface area contributed by atoms with Crippen molar-refractivity contribution in [2.45, 2.75) is 13.0 Å². The molecule has 0 spiro atoms. The van der Waals surface area contributed by atoms with Crippen molar-refractivity contribution in [2.24, 2.45) is 5.73 Å². The van der Waals surface area contributed by atoms with E-state index in [1.807, 2.05) is 0 Å². The maximum atomic E-state index is 12.9. The Hall–Kier alpha value is -0.480. The molecule has 0 aliphatic carbocycles. The summed E-state index contributed by atoms with van der Waals surface area (Å²) in [7, 11) is 0. The highest BCUT2D eigenvalue weighted by molar-refractivity contribution is 9.10. The number of hydrogen-bond donors (Lipinski definition) is 1. The number of hydrogen-bond acceptors (Lipinski definition) is 2. The average Bonchev–Trinajstić information content (AvgIpc) is 1.94. The van der Waals surface area contributed by atoms with Crippen LogP contribution < -0.4 is 5.73 Å². The van der Waals surface area contributed by atoms with Crippen molar-refractivity contribution >= 4 is 15.9 Å². The van der Waals surface area contributed by atoms with Crippen LogP contribution in [0.5, 0.6) is 0 Å². The van der Waals surface area contributed by atoms with Crippen LogP contribution in [-0.2, 0) is 0 Å². The fourth-order valence-electron chi connectivity index (χ4n) is 0.752. The molecule has 1 aromatic rings. The van der Waals surface area contributed by atoms with Gasteiger partial charge in [-0.25, -0.2) is 9.37 Å². The van der Waals surface area contributed by atoms with Gasteiger partial charge in [0.05, 0.1) is 5.69 Å². The minimum Gasteiger partial charge on any atom is -0.323 e. The predicted octanol–water partition coefficient (Wildman–Crippen LogP) is 2.00. The van der Waals surface area contributed by atoms with Crippen LogP contribution in [0.4, 0.5) is 4.39 Å². The summed E-state index contributed by atoms with van der Waals surface area (Å²) in [4.78, 5) is 3.89. The van der Waals surface area contributed by atoms with Gasteiger partial charge < -0.3 is 5.73 Å². The second kappa shape index (κ2) is 3.28. The molecule has 0 aliphatic rings. The van der Waals surface area contributed by atoms with E-state index in [0.29, 0.717) is 10.3 Å². The van der Waals surface area contributed by atoms with Crippen LogP contribution in [0, 0.1) is 5.82 Å². The number of pyridine rings is 1. The summed E-state index contributed by atoms with van der Waals surface area (Å²) in [5, 5.41) is 0. The SMILES string of the molecule is CC(N)c1nc(Br)ccc1F. The maximum Gasteiger partial charge on any atom is 0.146 e. The van der Waals surface area contributed by atoms with Crippen molar-refractivity contribution in [3.05, 3.63) is 28.2 Å². The summed E-state index contributed by atoms with van der Waals surface area (Å²) in [5.41, 5.74) is 5.75. The lowest BCUT2D eigenvalue weighted by Gasteiger charge is -2.05. The predicted molar refractivity (Wildman–Crippen MR) is 44.5 cm³/mol. The van der Waals surface area contributed by atoms with Crippen LogP contribution in [0.1, 0.15) is 18.7 Å². The standard InChI is InChI=1S/C7H8BrFN2/c1-4(10)7-5(9)2-3-6(8)11-7/h2-4H,10H2,1H3. The van der Waals surface area contributed by atoms with Crippen molar-refractivity contribution in [3.8, 4) is 0 Å². The number of rotatable bonds is 1. The van der Waals surface area contributed by atoms with Gasteiger partial charge in [-0.1, -0.05) is 0 Å². The third kappa shape index (κ3) is 1.97. The van der Waals surface area contributed by atoms with Gasteiger partial charge in [-0.3, -0.25) is 0 Å². The molecule has 0 saturated heterocycles. The first-order valence-corrected chi connectivity index (χ1v) is 3.98. The van der Waals surface area contributed by atoms with E-state index in [0.717, 1.165) is 0 Å². The molecular weight excluding hydrogens is 211 g/mol. The van der Waals surface area contributed by atoms with Crippen LogP contribution >= 0.6 is 15.9 Å². The molecule has 0 bridgehead atoms. The third-order valence-corrected chi connectivity index (χ3v) is 1.71. The highest BCUT2D eigenvalue weighted by Crippen LogP contribution is 2.15. The maximum absolute atomic E-state index is 12.9. The zero-order valence-corrected chi connectivity index (χ0v) is 7.60. The van der Waals surface area contributed by atoms with E-state index in [1.54, 1.807) is 13.0 Å². The lowest BCUT2D eigenvalue weighted by molar-refractivity contribution is 0.578. The quantitative estimate of drug-likeness (QED) is 0.733. The van der Waals surface area contributed by atoms with Crippen LogP contribution in [0.15, 0.2) is 16.7 Å². The summed E-state index contributed by atoms with van der Waals surface area (Å²) < 4.78 is 13.5. The lowest BCUT2D eigenvalue weighted by atomic mass is 10.2. The molecule has 0 amide bonds. The highest BCUT2D eigenvalue weighted by Gasteiger charge is 2.07. The number of nitrogens with zero attached hydrogens (tertiary/aromatic N) is 1. The molecule has 0 aromatic carbocycles. The second-order valence-corrected chi connectivity index (χ2v) is 3.10. The van der Waals surface area contributed by atoms with E-state index in [2.05, 4.69) is 20.9 Å². The largest absolute Gasteiger partial charge is 0.323 e. The summed E-state index contributed by atoms with van der Waals surface area (Å²) in [6, 6.07) is 2.52. The van der Waals surface area contributed by atoms with Crippen molar-refractivity contribution in [2.75, 3.05) is 0 Å². The Kier molecular flexibility index (Phi) is 2.57. The fraction of sp³-hybridized carbons (Fsp3) is 0.286. The summed E-state index contributed by atoms with van der Waals surface area (Å²) >= 11 is 3.13. The van der Waals surface area contributed by atoms with Crippen LogP contribution in [-0.4, -0.2) is 4.98 Å². The first kappa shape index (κ1) is 8.62. The molecule has 2 nitrogen and oxygen atoms in total. The summed E-state index contributed by atoms with van der Waals surface area (Å²) in [6.45, 7) is 1.69. The molecule has 2 N–H and O–H groups in total. The number of halogens is 2. The smallest absolute Gasteiger partial charge is 0.146 e.